The Morgan fingerprint density at radius 1 is 0.735 bits per heavy atom. The molecule has 0 spiro atoms. The molecule has 34 heavy (non-hydrogen) atoms. The molecule has 6 nitrogen and oxygen atoms in total. The van der Waals surface area contributed by atoms with Gasteiger partial charge in [-0.25, -0.2) is 0 Å². The van der Waals surface area contributed by atoms with Gasteiger partial charge in [0.1, 0.15) is 0 Å². The number of hydrogen-bond acceptors (Lipinski definition) is 6. The van der Waals surface area contributed by atoms with E-state index in [1.807, 2.05) is 12.1 Å². The topological polar surface area (TPSA) is 66.6 Å². The summed E-state index contributed by atoms with van der Waals surface area (Å²) in [5.41, 5.74) is 0.773. The molecular weight excluding hydrogens is 428 g/mol. The number of benzene rings is 1. The van der Waals surface area contributed by atoms with Gasteiger partial charge in [-0.3, -0.25) is 0 Å². The Bertz CT molecular complexity index is 807. The minimum atomic E-state index is 0.531. The number of hydrogen-bond donors (Lipinski definition) is 0. The Labute approximate surface area is 206 Å². The van der Waals surface area contributed by atoms with Crippen molar-refractivity contribution in [1.29, 1.82) is 0 Å². The highest BCUT2D eigenvalue weighted by atomic mass is 16.5. The van der Waals surface area contributed by atoms with Crippen LogP contribution in [0.2, 0.25) is 0 Å². The fourth-order valence-electron chi connectivity index (χ4n) is 4.03. The summed E-state index contributed by atoms with van der Waals surface area (Å²) in [5, 5.41) is 4.14. The van der Waals surface area contributed by atoms with Crippen LogP contribution in [-0.4, -0.2) is 31.5 Å². The smallest absolute Gasteiger partial charge is 0.226 e. The average Bonchev–Trinajstić information content (AvgIpc) is 3.34. The maximum absolute atomic E-state index is 5.46. The molecule has 0 atom stereocenters. The van der Waals surface area contributed by atoms with Crippen LogP contribution in [0.1, 0.15) is 96.3 Å². The maximum Gasteiger partial charge on any atom is 0.226 e. The second-order valence-electron chi connectivity index (χ2n) is 8.76. The quantitative estimate of drug-likeness (QED) is 0.153. The lowest BCUT2D eigenvalue weighted by molar-refractivity contribution is 0.324. The summed E-state index contributed by atoms with van der Waals surface area (Å²) in [4.78, 5) is 4.55. The standard InChI is InChI=1S/C28H44N2O4/c1-5-6-7-8-9-10-11-12-13-14-15-16-17-18-19-20-26-29-28(30-34-26)23-21-24(31-2)27(33-4)25(22-23)32-3/h11-12,21-22H,5-10,13-20H2,1-4H3/b12-11-. The highest BCUT2D eigenvalue weighted by Crippen LogP contribution is 2.40. The first kappa shape index (κ1) is 27.7. The van der Waals surface area contributed by atoms with Crippen molar-refractivity contribution < 1.29 is 18.7 Å². The third kappa shape index (κ3) is 9.78. The van der Waals surface area contributed by atoms with Crippen molar-refractivity contribution in [3.05, 3.63) is 30.2 Å². The summed E-state index contributed by atoms with van der Waals surface area (Å²) in [6.45, 7) is 2.27. The molecule has 0 unspecified atom stereocenters. The van der Waals surface area contributed by atoms with Crippen LogP contribution < -0.4 is 14.2 Å². The maximum atomic E-state index is 5.46. The number of ether oxygens (including phenoxy) is 3. The van der Waals surface area contributed by atoms with E-state index >= 15 is 0 Å². The molecule has 0 aliphatic rings. The molecule has 0 aliphatic carbocycles. The minimum Gasteiger partial charge on any atom is -0.493 e. The summed E-state index contributed by atoms with van der Waals surface area (Å²) in [6.07, 6.45) is 22.3. The number of unbranched alkanes of at least 4 members (excludes halogenated alkanes) is 11. The lowest BCUT2D eigenvalue weighted by Crippen LogP contribution is -1.96. The first-order valence-corrected chi connectivity index (χ1v) is 13.0. The molecular formula is C28H44N2O4. The second-order valence-corrected chi connectivity index (χ2v) is 8.76. The van der Waals surface area contributed by atoms with E-state index in [-0.39, 0.29) is 0 Å². The first-order chi connectivity index (χ1) is 16.7. The van der Waals surface area contributed by atoms with E-state index in [0.29, 0.717) is 29.0 Å². The van der Waals surface area contributed by atoms with Crippen molar-refractivity contribution in [2.45, 2.75) is 96.8 Å². The van der Waals surface area contributed by atoms with Crippen molar-refractivity contribution in [2.24, 2.45) is 0 Å². The van der Waals surface area contributed by atoms with Crippen LogP contribution in [-0.2, 0) is 6.42 Å². The van der Waals surface area contributed by atoms with Gasteiger partial charge in [-0.05, 0) is 44.2 Å². The van der Waals surface area contributed by atoms with Crippen molar-refractivity contribution in [2.75, 3.05) is 21.3 Å². The predicted molar refractivity (Wildman–Crippen MR) is 138 cm³/mol. The number of aromatic nitrogens is 2. The molecule has 1 aromatic carbocycles. The lowest BCUT2D eigenvalue weighted by atomic mass is 10.1. The molecule has 0 fully saturated rings. The summed E-state index contributed by atoms with van der Waals surface area (Å²) in [5.74, 6) is 2.89. The largest absolute Gasteiger partial charge is 0.493 e. The minimum absolute atomic E-state index is 0.531. The van der Waals surface area contributed by atoms with Gasteiger partial charge in [0.05, 0.1) is 21.3 Å². The van der Waals surface area contributed by atoms with Crippen molar-refractivity contribution in [1.82, 2.24) is 10.1 Å². The van der Waals surface area contributed by atoms with Crippen LogP contribution in [0.4, 0.5) is 0 Å². The number of methoxy groups -OCH3 is 3. The number of nitrogens with zero attached hydrogens (tertiary/aromatic N) is 2. The van der Waals surface area contributed by atoms with Gasteiger partial charge in [-0.1, -0.05) is 75.6 Å². The predicted octanol–water partition coefficient (Wildman–Crippen LogP) is 7.95. The van der Waals surface area contributed by atoms with Gasteiger partial charge < -0.3 is 18.7 Å². The molecule has 190 valence electrons. The molecule has 1 aromatic heterocycles. The molecule has 1 heterocycles. The van der Waals surface area contributed by atoms with E-state index in [2.05, 4.69) is 29.2 Å². The monoisotopic (exact) mass is 472 g/mol. The van der Waals surface area contributed by atoms with Crippen molar-refractivity contribution >= 4 is 0 Å². The van der Waals surface area contributed by atoms with Gasteiger partial charge in [-0.2, -0.15) is 4.98 Å². The van der Waals surface area contributed by atoms with E-state index < -0.39 is 0 Å². The third-order valence-corrected chi connectivity index (χ3v) is 6.04. The van der Waals surface area contributed by atoms with Crippen LogP contribution in [0, 0.1) is 0 Å². The van der Waals surface area contributed by atoms with Gasteiger partial charge >= 0.3 is 0 Å². The van der Waals surface area contributed by atoms with Gasteiger partial charge in [0.15, 0.2) is 11.5 Å². The average molecular weight is 473 g/mol. The van der Waals surface area contributed by atoms with Crippen molar-refractivity contribution in [3.63, 3.8) is 0 Å². The normalized spacial score (nSPS) is 11.3. The van der Waals surface area contributed by atoms with Gasteiger partial charge in [-0.15, -0.1) is 0 Å². The molecule has 0 amide bonds. The molecule has 6 heteroatoms. The zero-order chi connectivity index (χ0) is 24.4. The fourth-order valence-corrected chi connectivity index (χ4v) is 4.03. The van der Waals surface area contributed by atoms with Crippen LogP contribution in [0.15, 0.2) is 28.8 Å². The first-order valence-electron chi connectivity index (χ1n) is 13.0. The van der Waals surface area contributed by atoms with Gasteiger partial charge in [0.2, 0.25) is 17.5 Å². The molecule has 2 rings (SSSR count). The Kier molecular flexibility index (Phi) is 13.9. The highest BCUT2D eigenvalue weighted by Gasteiger charge is 2.17. The van der Waals surface area contributed by atoms with E-state index in [4.69, 9.17) is 18.7 Å². The molecule has 0 bridgehead atoms. The second kappa shape index (κ2) is 17.0. The summed E-state index contributed by atoms with van der Waals surface area (Å²) >= 11 is 0. The lowest BCUT2D eigenvalue weighted by Gasteiger charge is -2.12. The van der Waals surface area contributed by atoms with Crippen LogP contribution >= 0.6 is 0 Å². The molecule has 2 aromatic rings. The zero-order valence-corrected chi connectivity index (χ0v) is 21.7. The van der Waals surface area contributed by atoms with Gasteiger partial charge in [0, 0.05) is 12.0 Å². The van der Waals surface area contributed by atoms with E-state index in [1.54, 1.807) is 21.3 Å². The highest BCUT2D eigenvalue weighted by molar-refractivity contribution is 5.66. The zero-order valence-electron chi connectivity index (χ0n) is 21.7. The van der Waals surface area contributed by atoms with Gasteiger partial charge in [0.25, 0.3) is 0 Å². The van der Waals surface area contributed by atoms with Crippen LogP contribution in [0.3, 0.4) is 0 Å². The van der Waals surface area contributed by atoms with Crippen LogP contribution in [0.25, 0.3) is 11.4 Å². The van der Waals surface area contributed by atoms with Crippen molar-refractivity contribution in [3.8, 4) is 28.6 Å². The molecule has 0 N–H and O–H groups in total. The summed E-state index contributed by atoms with van der Waals surface area (Å²) < 4.78 is 21.7. The molecule has 0 aliphatic heterocycles. The number of allylic oxidation sites excluding steroid dienone is 2. The Hall–Kier alpha value is -2.50. The number of aryl methyl sites for hydroxylation is 1. The Morgan fingerprint density at radius 3 is 1.85 bits per heavy atom. The van der Waals surface area contributed by atoms with Crippen LogP contribution in [0.5, 0.6) is 17.2 Å². The molecule has 0 radical (unpaired) electrons. The molecule has 0 saturated heterocycles. The summed E-state index contributed by atoms with van der Waals surface area (Å²) in [7, 11) is 4.77. The third-order valence-electron chi connectivity index (χ3n) is 6.04. The van der Waals surface area contributed by atoms with E-state index in [0.717, 1.165) is 18.4 Å². The Morgan fingerprint density at radius 2 is 1.29 bits per heavy atom. The molecule has 0 saturated carbocycles. The van der Waals surface area contributed by atoms with E-state index in [1.165, 1.54) is 77.0 Å². The van der Waals surface area contributed by atoms with E-state index in [9.17, 15) is 0 Å². The SMILES string of the molecule is CCCCCCC/C=C\CCCCCCCCc1nc(-c2cc(OC)c(OC)c(OC)c2)no1. The Balaban J connectivity index is 1.60. The number of rotatable bonds is 19. The summed E-state index contributed by atoms with van der Waals surface area (Å²) in [6, 6.07) is 3.66. The fraction of sp³-hybridized carbons (Fsp3) is 0.643.